The van der Waals surface area contributed by atoms with Crippen molar-refractivity contribution in [1.82, 2.24) is 14.8 Å². The summed E-state index contributed by atoms with van der Waals surface area (Å²) in [5, 5.41) is 0. The highest BCUT2D eigenvalue weighted by Gasteiger charge is 2.21. The number of rotatable bonds is 3. The normalized spacial score (nSPS) is 16.8. The van der Waals surface area contributed by atoms with Crippen molar-refractivity contribution in [2.24, 2.45) is 5.73 Å². The monoisotopic (exact) mass is 340 g/mol. The van der Waals surface area contributed by atoms with Gasteiger partial charge in [-0.2, -0.15) is 0 Å². The van der Waals surface area contributed by atoms with Crippen LogP contribution in [0.2, 0.25) is 0 Å². The number of aromatic nitrogens is 1. The number of pyridine rings is 1. The maximum Gasteiger partial charge on any atom is 0.272 e. The van der Waals surface area contributed by atoms with Crippen LogP contribution in [0, 0.1) is 0 Å². The van der Waals surface area contributed by atoms with Crippen molar-refractivity contribution in [3.05, 3.63) is 28.5 Å². The van der Waals surface area contributed by atoms with Crippen LogP contribution in [0.3, 0.4) is 0 Å². The first-order valence-corrected chi connectivity index (χ1v) is 7.27. The van der Waals surface area contributed by atoms with E-state index in [1.807, 2.05) is 4.90 Å². The van der Waals surface area contributed by atoms with Crippen molar-refractivity contribution in [3.63, 3.8) is 0 Å². The molecule has 2 amide bonds. The van der Waals surface area contributed by atoms with Gasteiger partial charge in [0.15, 0.2) is 0 Å². The maximum absolute atomic E-state index is 12.3. The third kappa shape index (κ3) is 4.01. The minimum atomic E-state index is -0.334. The standard InChI is InChI=1S/C13H17BrN4O2/c14-10-2-3-11(16-8-10)13(20)18-5-1-4-17(6-7-18)9-12(15)19/h2-3,8H,1,4-7,9H2,(H2,15,19). The molecule has 1 aromatic rings. The smallest absolute Gasteiger partial charge is 0.272 e. The molecule has 108 valence electrons. The molecular weight excluding hydrogens is 324 g/mol. The van der Waals surface area contributed by atoms with E-state index in [0.717, 1.165) is 17.4 Å². The number of carbonyl (C=O) groups is 2. The first kappa shape index (κ1) is 14.9. The van der Waals surface area contributed by atoms with E-state index in [-0.39, 0.29) is 18.4 Å². The van der Waals surface area contributed by atoms with Crippen molar-refractivity contribution < 1.29 is 9.59 Å². The third-order valence-corrected chi connectivity index (χ3v) is 3.67. The van der Waals surface area contributed by atoms with Crippen LogP contribution in [-0.2, 0) is 4.79 Å². The molecule has 1 aliphatic rings. The average Bonchev–Trinajstić information content (AvgIpc) is 2.64. The van der Waals surface area contributed by atoms with Gasteiger partial charge in [-0.15, -0.1) is 0 Å². The lowest BCUT2D eigenvalue weighted by Crippen LogP contribution is -2.38. The lowest BCUT2D eigenvalue weighted by Gasteiger charge is -2.20. The topological polar surface area (TPSA) is 79.5 Å². The average molecular weight is 341 g/mol. The number of nitrogens with zero attached hydrogens (tertiary/aromatic N) is 3. The first-order valence-electron chi connectivity index (χ1n) is 6.48. The highest BCUT2D eigenvalue weighted by Crippen LogP contribution is 2.11. The number of primary amides is 1. The second kappa shape index (κ2) is 6.81. The fourth-order valence-electron chi connectivity index (χ4n) is 2.22. The van der Waals surface area contributed by atoms with E-state index in [1.165, 1.54) is 0 Å². The Labute approximate surface area is 126 Å². The summed E-state index contributed by atoms with van der Waals surface area (Å²) in [6.45, 7) is 2.94. The molecule has 0 radical (unpaired) electrons. The molecule has 1 aliphatic heterocycles. The van der Waals surface area contributed by atoms with Gasteiger partial charge < -0.3 is 10.6 Å². The quantitative estimate of drug-likeness (QED) is 0.867. The largest absolute Gasteiger partial charge is 0.369 e. The Morgan fingerprint density at radius 1 is 1.25 bits per heavy atom. The second-order valence-electron chi connectivity index (χ2n) is 4.75. The Kier molecular flexibility index (Phi) is 5.08. The molecule has 2 N–H and O–H groups in total. The van der Waals surface area contributed by atoms with E-state index >= 15 is 0 Å². The molecule has 20 heavy (non-hydrogen) atoms. The molecule has 0 unspecified atom stereocenters. The van der Waals surface area contributed by atoms with Crippen LogP contribution in [0.15, 0.2) is 22.8 Å². The van der Waals surface area contributed by atoms with E-state index < -0.39 is 0 Å². The van der Waals surface area contributed by atoms with Gasteiger partial charge in [-0.1, -0.05) is 0 Å². The van der Waals surface area contributed by atoms with Crippen molar-refractivity contribution in [1.29, 1.82) is 0 Å². The molecule has 0 aromatic carbocycles. The van der Waals surface area contributed by atoms with Crippen molar-refractivity contribution in [2.45, 2.75) is 6.42 Å². The van der Waals surface area contributed by atoms with Crippen LogP contribution in [0.25, 0.3) is 0 Å². The Morgan fingerprint density at radius 3 is 2.70 bits per heavy atom. The number of hydrogen-bond acceptors (Lipinski definition) is 4. The number of nitrogens with two attached hydrogens (primary N) is 1. The van der Waals surface area contributed by atoms with Gasteiger partial charge >= 0.3 is 0 Å². The van der Waals surface area contributed by atoms with Gasteiger partial charge in [0.1, 0.15) is 5.69 Å². The Bertz CT molecular complexity index is 492. The van der Waals surface area contributed by atoms with Crippen molar-refractivity contribution >= 4 is 27.7 Å². The number of hydrogen-bond donors (Lipinski definition) is 1. The summed E-state index contributed by atoms with van der Waals surface area (Å²) in [6, 6.07) is 3.51. The lowest BCUT2D eigenvalue weighted by atomic mass is 10.3. The molecule has 1 aromatic heterocycles. The summed E-state index contributed by atoms with van der Waals surface area (Å²) in [5.74, 6) is -0.405. The molecule has 2 heterocycles. The van der Waals surface area contributed by atoms with Crippen LogP contribution in [0.4, 0.5) is 0 Å². The molecule has 0 spiro atoms. The zero-order chi connectivity index (χ0) is 14.5. The van der Waals surface area contributed by atoms with Crippen LogP contribution in [0.5, 0.6) is 0 Å². The van der Waals surface area contributed by atoms with Gasteiger partial charge in [0.25, 0.3) is 5.91 Å². The zero-order valence-electron chi connectivity index (χ0n) is 11.1. The van der Waals surface area contributed by atoms with Crippen LogP contribution in [-0.4, -0.2) is 59.3 Å². The van der Waals surface area contributed by atoms with E-state index in [0.29, 0.717) is 25.3 Å². The molecule has 0 atom stereocenters. The number of carbonyl (C=O) groups excluding carboxylic acids is 2. The predicted molar refractivity (Wildman–Crippen MR) is 78.1 cm³/mol. The molecule has 6 nitrogen and oxygen atoms in total. The fourth-order valence-corrected chi connectivity index (χ4v) is 2.45. The van der Waals surface area contributed by atoms with E-state index in [4.69, 9.17) is 5.73 Å². The van der Waals surface area contributed by atoms with Gasteiger partial charge in [0.2, 0.25) is 5.91 Å². The minimum Gasteiger partial charge on any atom is -0.369 e. The fraction of sp³-hybridized carbons (Fsp3) is 0.462. The molecule has 1 fully saturated rings. The van der Waals surface area contributed by atoms with Gasteiger partial charge in [0.05, 0.1) is 6.54 Å². The highest BCUT2D eigenvalue weighted by atomic mass is 79.9. The minimum absolute atomic E-state index is 0.0709. The van der Waals surface area contributed by atoms with Crippen molar-refractivity contribution in [2.75, 3.05) is 32.7 Å². The third-order valence-electron chi connectivity index (χ3n) is 3.20. The van der Waals surface area contributed by atoms with E-state index in [2.05, 4.69) is 20.9 Å². The van der Waals surface area contributed by atoms with Gasteiger partial charge in [0, 0.05) is 36.8 Å². The van der Waals surface area contributed by atoms with Gasteiger partial charge in [-0.25, -0.2) is 4.98 Å². The second-order valence-corrected chi connectivity index (χ2v) is 5.67. The van der Waals surface area contributed by atoms with E-state index in [9.17, 15) is 9.59 Å². The highest BCUT2D eigenvalue weighted by molar-refractivity contribution is 9.10. The van der Waals surface area contributed by atoms with Gasteiger partial charge in [-0.05, 0) is 34.5 Å². The van der Waals surface area contributed by atoms with Crippen molar-refractivity contribution in [3.8, 4) is 0 Å². The summed E-state index contributed by atoms with van der Waals surface area (Å²) < 4.78 is 0.845. The molecule has 0 saturated carbocycles. The van der Waals surface area contributed by atoms with Crippen LogP contribution in [0.1, 0.15) is 16.9 Å². The summed E-state index contributed by atoms with van der Waals surface area (Å²) in [7, 11) is 0. The van der Waals surface area contributed by atoms with Gasteiger partial charge in [-0.3, -0.25) is 14.5 Å². The summed E-state index contributed by atoms with van der Waals surface area (Å²) in [4.78, 5) is 31.1. The summed E-state index contributed by atoms with van der Waals surface area (Å²) in [6.07, 6.45) is 2.44. The molecule has 7 heteroatoms. The first-order chi connectivity index (χ1) is 9.56. The lowest BCUT2D eigenvalue weighted by molar-refractivity contribution is -0.119. The zero-order valence-corrected chi connectivity index (χ0v) is 12.7. The molecular formula is C13H17BrN4O2. The Balaban J connectivity index is 1.97. The SMILES string of the molecule is NC(=O)CN1CCCN(C(=O)c2ccc(Br)cn2)CC1. The Hall–Kier alpha value is -1.47. The van der Waals surface area contributed by atoms with Crippen LogP contribution < -0.4 is 5.73 Å². The van der Waals surface area contributed by atoms with E-state index in [1.54, 1.807) is 23.2 Å². The van der Waals surface area contributed by atoms with Crippen LogP contribution >= 0.6 is 15.9 Å². The molecule has 2 rings (SSSR count). The molecule has 0 bridgehead atoms. The number of amides is 2. The Morgan fingerprint density at radius 2 is 2.05 bits per heavy atom. The predicted octanol–water partition coefficient (Wildman–Crippen LogP) is 0.477. The maximum atomic E-state index is 12.3. The number of halogens is 1. The molecule has 1 saturated heterocycles. The summed E-state index contributed by atoms with van der Waals surface area (Å²) >= 11 is 3.30. The summed E-state index contributed by atoms with van der Waals surface area (Å²) in [5.41, 5.74) is 5.64. The molecule has 0 aliphatic carbocycles.